The summed E-state index contributed by atoms with van der Waals surface area (Å²) in [5.41, 5.74) is 0. The Morgan fingerprint density at radius 2 is 1.54 bits per heavy atom. The molecule has 5 heteroatoms. The molecule has 24 heavy (non-hydrogen) atoms. The number of rotatable bonds is 13. The molecule has 0 saturated heterocycles. The van der Waals surface area contributed by atoms with Gasteiger partial charge in [-0.05, 0) is 27.4 Å². The van der Waals surface area contributed by atoms with Crippen LogP contribution in [0.25, 0.3) is 0 Å². The highest BCUT2D eigenvalue weighted by atomic mass is 16.6. The molecule has 0 saturated carbocycles. The van der Waals surface area contributed by atoms with Crippen LogP contribution in [0.2, 0.25) is 0 Å². The fourth-order valence-electron chi connectivity index (χ4n) is 2.48. The van der Waals surface area contributed by atoms with Gasteiger partial charge in [0.05, 0.1) is 11.8 Å². The van der Waals surface area contributed by atoms with Crippen LogP contribution in [0.4, 0.5) is 0 Å². The van der Waals surface area contributed by atoms with Gasteiger partial charge in [-0.1, -0.05) is 52.9 Å². The fraction of sp³-hybridized carbons (Fsp3) is 0.895. The molecular formula is C19H37NO4. The van der Waals surface area contributed by atoms with Gasteiger partial charge in [-0.15, -0.1) is 0 Å². The highest BCUT2D eigenvalue weighted by Crippen LogP contribution is 2.14. The average molecular weight is 344 g/mol. The topological polar surface area (TPSA) is 55.8 Å². The van der Waals surface area contributed by atoms with Gasteiger partial charge in [-0.2, -0.15) is 0 Å². The SMILES string of the molecule is CCCCCCCC(C)C(=O)OC(C)COC(=O)C(C)CN(C)C. The van der Waals surface area contributed by atoms with Crippen LogP contribution in [0.3, 0.4) is 0 Å². The van der Waals surface area contributed by atoms with Crippen molar-refractivity contribution in [3.8, 4) is 0 Å². The summed E-state index contributed by atoms with van der Waals surface area (Å²) in [4.78, 5) is 25.8. The lowest BCUT2D eigenvalue weighted by atomic mass is 10.0. The second-order valence-electron chi connectivity index (χ2n) is 7.14. The molecule has 0 aromatic heterocycles. The van der Waals surface area contributed by atoms with Gasteiger partial charge < -0.3 is 14.4 Å². The number of ether oxygens (including phenoxy) is 2. The Labute approximate surface area is 148 Å². The van der Waals surface area contributed by atoms with E-state index >= 15 is 0 Å². The summed E-state index contributed by atoms with van der Waals surface area (Å²) < 4.78 is 10.6. The van der Waals surface area contributed by atoms with Crippen molar-refractivity contribution >= 4 is 11.9 Å². The van der Waals surface area contributed by atoms with E-state index in [4.69, 9.17) is 9.47 Å². The third-order valence-corrected chi connectivity index (χ3v) is 3.96. The smallest absolute Gasteiger partial charge is 0.310 e. The van der Waals surface area contributed by atoms with Crippen LogP contribution in [0.15, 0.2) is 0 Å². The van der Waals surface area contributed by atoms with Crippen molar-refractivity contribution in [1.82, 2.24) is 4.90 Å². The molecule has 5 nitrogen and oxygen atoms in total. The van der Waals surface area contributed by atoms with Crippen LogP contribution >= 0.6 is 0 Å². The maximum absolute atomic E-state index is 12.0. The van der Waals surface area contributed by atoms with Gasteiger partial charge in [0, 0.05) is 6.54 Å². The van der Waals surface area contributed by atoms with Crippen molar-refractivity contribution in [1.29, 1.82) is 0 Å². The van der Waals surface area contributed by atoms with Crippen LogP contribution in [0.1, 0.15) is 66.2 Å². The Morgan fingerprint density at radius 1 is 0.917 bits per heavy atom. The summed E-state index contributed by atoms with van der Waals surface area (Å²) in [6.07, 6.45) is 6.39. The van der Waals surface area contributed by atoms with Gasteiger partial charge in [-0.3, -0.25) is 9.59 Å². The maximum atomic E-state index is 12.0. The van der Waals surface area contributed by atoms with Crippen molar-refractivity contribution in [3.63, 3.8) is 0 Å². The third-order valence-electron chi connectivity index (χ3n) is 3.96. The summed E-state index contributed by atoms with van der Waals surface area (Å²) in [6, 6.07) is 0. The lowest BCUT2D eigenvalue weighted by Crippen LogP contribution is -2.30. The molecule has 0 aromatic carbocycles. The van der Waals surface area contributed by atoms with Crippen molar-refractivity contribution in [2.45, 2.75) is 72.3 Å². The molecule has 3 unspecified atom stereocenters. The summed E-state index contributed by atoms with van der Waals surface area (Å²) in [6.45, 7) is 8.44. The normalized spacial score (nSPS) is 15.0. The van der Waals surface area contributed by atoms with Crippen LogP contribution in [0, 0.1) is 11.8 Å². The molecule has 0 fully saturated rings. The van der Waals surface area contributed by atoms with E-state index in [2.05, 4.69) is 6.92 Å². The van der Waals surface area contributed by atoms with E-state index in [1.807, 2.05) is 32.8 Å². The number of hydrogen-bond acceptors (Lipinski definition) is 5. The van der Waals surface area contributed by atoms with E-state index < -0.39 is 6.10 Å². The lowest BCUT2D eigenvalue weighted by Gasteiger charge is -2.19. The molecule has 3 atom stereocenters. The fourth-order valence-corrected chi connectivity index (χ4v) is 2.48. The Balaban J connectivity index is 3.94. The molecule has 0 aliphatic carbocycles. The average Bonchev–Trinajstić information content (AvgIpc) is 2.51. The first-order chi connectivity index (χ1) is 11.3. The molecule has 0 aliphatic rings. The molecule has 0 spiro atoms. The summed E-state index contributed by atoms with van der Waals surface area (Å²) in [7, 11) is 3.83. The minimum Gasteiger partial charge on any atom is -0.462 e. The van der Waals surface area contributed by atoms with Crippen molar-refractivity contribution in [3.05, 3.63) is 0 Å². The zero-order chi connectivity index (χ0) is 18.5. The number of carbonyl (C=O) groups excluding carboxylic acids is 2. The number of nitrogens with zero attached hydrogens (tertiary/aromatic N) is 1. The summed E-state index contributed by atoms with van der Waals surface area (Å²) >= 11 is 0. The van der Waals surface area contributed by atoms with E-state index in [0.29, 0.717) is 6.54 Å². The molecule has 0 amide bonds. The summed E-state index contributed by atoms with van der Waals surface area (Å²) in [5.74, 6) is -0.742. The molecular weight excluding hydrogens is 306 g/mol. The van der Waals surface area contributed by atoms with Crippen LogP contribution < -0.4 is 0 Å². The molecule has 0 aromatic rings. The van der Waals surface area contributed by atoms with Gasteiger partial charge in [0.2, 0.25) is 0 Å². The molecule has 0 rings (SSSR count). The number of hydrogen-bond donors (Lipinski definition) is 0. The lowest BCUT2D eigenvalue weighted by molar-refractivity contribution is -0.162. The van der Waals surface area contributed by atoms with E-state index in [-0.39, 0.29) is 30.4 Å². The first kappa shape index (κ1) is 22.9. The highest BCUT2D eigenvalue weighted by molar-refractivity contribution is 5.73. The predicted octanol–water partition coefficient (Wildman–Crippen LogP) is 3.66. The van der Waals surface area contributed by atoms with Gasteiger partial charge in [-0.25, -0.2) is 0 Å². The van der Waals surface area contributed by atoms with Crippen molar-refractivity contribution in [2.75, 3.05) is 27.2 Å². The second kappa shape index (κ2) is 13.2. The van der Waals surface area contributed by atoms with E-state index in [1.54, 1.807) is 6.92 Å². The van der Waals surface area contributed by atoms with E-state index in [9.17, 15) is 9.59 Å². The molecule has 0 aliphatic heterocycles. The zero-order valence-electron chi connectivity index (χ0n) is 16.5. The number of unbranched alkanes of at least 4 members (excludes halogenated alkanes) is 4. The van der Waals surface area contributed by atoms with Gasteiger partial charge in [0.25, 0.3) is 0 Å². The Hall–Kier alpha value is -1.10. The predicted molar refractivity (Wildman–Crippen MR) is 96.8 cm³/mol. The van der Waals surface area contributed by atoms with Crippen LogP contribution in [-0.2, 0) is 19.1 Å². The van der Waals surface area contributed by atoms with Crippen molar-refractivity contribution in [2.24, 2.45) is 11.8 Å². The first-order valence-corrected chi connectivity index (χ1v) is 9.29. The van der Waals surface area contributed by atoms with Gasteiger partial charge >= 0.3 is 11.9 Å². The van der Waals surface area contributed by atoms with Crippen LogP contribution in [-0.4, -0.2) is 50.2 Å². The van der Waals surface area contributed by atoms with Gasteiger partial charge in [0.1, 0.15) is 12.7 Å². The quantitative estimate of drug-likeness (QED) is 0.377. The molecule has 0 heterocycles. The molecule has 0 N–H and O–H groups in total. The standard InChI is InChI=1S/C19H37NO4/c1-7-8-9-10-11-12-15(2)19(22)24-17(4)14-23-18(21)16(3)13-20(5)6/h15-17H,7-14H2,1-6H3. The molecule has 142 valence electrons. The third kappa shape index (κ3) is 11.4. The second-order valence-corrected chi connectivity index (χ2v) is 7.14. The van der Waals surface area contributed by atoms with Crippen LogP contribution in [0.5, 0.6) is 0 Å². The van der Waals surface area contributed by atoms with Gasteiger partial charge in [0.15, 0.2) is 0 Å². The largest absolute Gasteiger partial charge is 0.462 e. The molecule has 0 bridgehead atoms. The summed E-state index contributed by atoms with van der Waals surface area (Å²) in [5, 5.41) is 0. The maximum Gasteiger partial charge on any atom is 0.310 e. The Kier molecular flexibility index (Phi) is 12.6. The highest BCUT2D eigenvalue weighted by Gasteiger charge is 2.20. The monoisotopic (exact) mass is 343 g/mol. The Morgan fingerprint density at radius 3 is 2.12 bits per heavy atom. The number of esters is 2. The van der Waals surface area contributed by atoms with E-state index in [1.165, 1.54) is 25.7 Å². The number of carbonyl (C=O) groups is 2. The molecule has 0 radical (unpaired) electrons. The zero-order valence-corrected chi connectivity index (χ0v) is 16.5. The minimum absolute atomic E-state index is 0.0996. The van der Waals surface area contributed by atoms with E-state index in [0.717, 1.165) is 12.8 Å². The minimum atomic E-state index is -0.407. The first-order valence-electron chi connectivity index (χ1n) is 9.29. The Bertz CT molecular complexity index is 357. The van der Waals surface area contributed by atoms with Crippen molar-refractivity contribution < 1.29 is 19.1 Å².